The highest BCUT2D eigenvalue weighted by Crippen LogP contribution is 2.43. The lowest BCUT2D eigenvalue weighted by Crippen LogP contribution is -2.20. The Kier molecular flexibility index (Phi) is 1.80. The quantitative estimate of drug-likeness (QED) is 0.671. The van der Waals surface area contributed by atoms with Crippen LogP contribution in [0.1, 0.15) is 30.3 Å². The molecule has 14 heavy (non-hydrogen) atoms. The molecule has 2 bridgehead atoms. The van der Waals surface area contributed by atoms with Crippen LogP contribution in [0.15, 0.2) is 12.4 Å². The number of hydrogen-bond donors (Lipinski definition) is 0. The number of nitrogens with zero attached hydrogens (tertiary/aromatic N) is 3. The van der Waals surface area contributed by atoms with Crippen LogP contribution in [0, 0.1) is 12.8 Å². The van der Waals surface area contributed by atoms with E-state index in [-0.39, 0.29) is 0 Å². The van der Waals surface area contributed by atoms with Gasteiger partial charge in [-0.15, -0.1) is 0 Å². The van der Waals surface area contributed by atoms with Crippen molar-refractivity contribution in [3.63, 3.8) is 0 Å². The van der Waals surface area contributed by atoms with E-state index in [1.54, 1.807) is 0 Å². The van der Waals surface area contributed by atoms with Gasteiger partial charge in [-0.2, -0.15) is 0 Å². The molecule has 0 radical (unpaired) electrons. The Morgan fingerprint density at radius 1 is 1.21 bits per heavy atom. The minimum Gasteiger partial charge on any atom is -0.294 e. The predicted octanol–water partition coefficient (Wildman–Crippen LogP) is 1.55. The van der Waals surface area contributed by atoms with E-state index < -0.39 is 0 Å². The molecule has 3 nitrogen and oxygen atoms in total. The first kappa shape index (κ1) is 8.36. The summed E-state index contributed by atoms with van der Waals surface area (Å²) in [7, 11) is 0. The molecule has 2 saturated heterocycles. The van der Waals surface area contributed by atoms with E-state index in [9.17, 15) is 0 Å². The highest BCUT2D eigenvalue weighted by molar-refractivity contribution is 5.12. The normalized spacial score (nSPS) is 35.1. The Hall–Kier alpha value is -0.960. The molecule has 2 aliphatic rings. The first-order chi connectivity index (χ1) is 6.84. The lowest BCUT2D eigenvalue weighted by Gasteiger charge is -2.17. The second kappa shape index (κ2) is 3.02. The van der Waals surface area contributed by atoms with Gasteiger partial charge in [-0.1, -0.05) is 0 Å². The van der Waals surface area contributed by atoms with Crippen molar-refractivity contribution in [2.24, 2.45) is 5.92 Å². The van der Waals surface area contributed by atoms with Crippen LogP contribution in [0.5, 0.6) is 0 Å². The van der Waals surface area contributed by atoms with Crippen LogP contribution in [-0.4, -0.2) is 28.0 Å². The van der Waals surface area contributed by atoms with E-state index in [1.807, 2.05) is 19.3 Å². The molecule has 3 heteroatoms. The van der Waals surface area contributed by atoms with Crippen molar-refractivity contribution in [3.8, 4) is 0 Å². The van der Waals surface area contributed by atoms with E-state index >= 15 is 0 Å². The second-order valence-corrected chi connectivity index (χ2v) is 4.40. The number of fused-ring (bicyclic) bond motifs is 2. The molecule has 3 heterocycles. The zero-order chi connectivity index (χ0) is 9.54. The van der Waals surface area contributed by atoms with Gasteiger partial charge in [0.2, 0.25) is 0 Å². The average molecular weight is 189 g/mol. The van der Waals surface area contributed by atoms with Crippen LogP contribution in [0.25, 0.3) is 0 Å². The van der Waals surface area contributed by atoms with Crippen LogP contribution in [-0.2, 0) is 0 Å². The van der Waals surface area contributed by atoms with Gasteiger partial charge in [0.15, 0.2) is 0 Å². The Bertz CT molecular complexity index is 313. The third-order valence-electron chi connectivity index (χ3n) is 3.52. The summed E-state index contributed by atoms with van der Waals surface area (Å²) in [5.41, 5.74) is 2.18. The topological polar surface area (TPSA) is 29.0 Å². The van der Waals surface area contributed by atoms with Gasteiger partial charge >= 0.3 is 0 Å². The Morgan fingerprint density at radius 3 is 2.50 bits per heavy atom. The molecular formula is C11H15N3. The summed E-state index contributed by atoms with van der Waals surface area (Å²) in [6.45, 7) is 4.50. The molecule has 0 saturated carbocycles. The van der Waals surface area contributed by atoms with Crippen molar-refractivity contribution in [1.82, 2.24) is 14.9 Å². The lowest BCUT2D eigenvalue weighted by atomic mass is 9.98. The predicted molar refractivity (Wildman–Crippen MR) is 53.8 cm³/mol. The van der Waals surface area contributed by atoms with E-state index in [0.717, 1.165) is 11.6 Å². The first-order valence-corrected chi connectivity index (χ1v) is 5.37. The van der Waals surface area contributed by atoms with Crippen molar-refractivity contribution < 1.29 is 0 Å². The molecule has 0 aliphatic carbocycles. The molecule has 2 aliphatic heterocycles. The van der Waals surface area contributed by atoms with E-state index in [4.69, 9.17) is 0 Å². The van der Waals surface area contributed by atoms with Gasteiger partial charge in [0.05, 0.1) is 23.6 Å². The van der Waals surface area contributed by atoms with Crippen molar-refractivity contribution in [3.05, 3.63) is 23.8 Å². The number of aryl methyl sites for hydroxylation is 1. The molecule has 1 atom stereocenters. The van der Waals surface area contributed by atoms with Crippen LogP contribution in [0.4, 0.5) is 0 Å². The zero-order valence-electron chi connectivity index (χ0n) is 8.48. The van der Waals surface area contributed by atoms with Gasteiger partial charge in [-0.3, -0.25) is 14.9 Å². The minimum absolute atomic E-state index is 0.572. The molecule has 0 aromatic carbocycles. The highest BCUT2D eigenvalue weighted by Gasteiger charge is 2.41. The maximum atomic E-state index is 4.50. The third-order valence-corrected chi connectivity index (χ3v) is 3.52. The smallest absolute Gasteiger partial charge is 0.0761 e. The zero-order valence-corrected chi connectivity index (χ0v) is 8.48. The Labute approximate surface area is 84.2 Å². The molecule has 1 unspecified atom stereocenters. The number of hydrogen-bond acceptors (Lipinski definition) is 3. The van der Waals surface area contributed by atoms with Crippen molar-refractivity contribution in [2.45, 2.75) is 25.8 Å². The summed E-state index contributed by atoms with van der Waals surface area (Å²) < 4.78 is 0. The standard InChI is InChI=1S/C11H15N3/c1-8-6-13-10(7-12-8)11-9-2-4-14(11)5-3-9/h6-7,9,11H,2-5H2,1H3. The molecule has 0 amide bonds. The van der Waals surface area contributed by atoms with Gasteiger partial charge in [0.25, 0.3) is 0 Å². The summed E-state index contributed by atoms with van der Waals surface area (Å²) in [4.78, 5) is 11.4. The van der Waals surface area contributed by atoms with Crippen molar-refractivity contribution in [1.29, 1.82) is 0 Å². The number of aromatic nitrogens is 2. The summed E-state index contributed by atoms with van der Waals surface area (Å²) in [6, 6.07) is 0.572. The van der Waals surface area contributed by atoms with E-state index in [1.165, 1.54) is 31.6 Å². The van der Waals surface area contributed by atoms with Crippen molar-refractivity contribution in [2.75, 3.05) is 13.1 Å². The van der Waals surface area contributed by atoms with Gasteiger partial charge in [0, 0.05) is 6.20 Å². The molecule has 74 valence electrons. The maximum Gasteiger partial charge on any atom is 0.0761 e. The summed E-state index contributed by atoms with van der Waals surface area (Å²) >= 11 is 0. The fourth-order valence-electron chi connectivity index (χ4n) is 2.80. The van der Waals surface area contributed by atoms with Crippen LogP contribution < -0.4 is 0 Å². The summed E-state index contributed by atoms with van der Waals surface area (Å²) in [5, 5.41) is 0. The Balaban J connectivity index is 1.92. The van der Waals surface area contributed by atoms with Gasteiger partial charge in [0.1, 0.15) is 0 Å². The fraction of sp³-hybridized carbons (Fsp3) is 0.636. The van der Waals surface area contributed by atoms with E-state index in [2.05, 4.69) is 14.9 Å². The molecule has 1 aromatic heterocycles. The summed E-state index contributed by atoms with van der Waals surface area (Å²) in [5.74, 6) is 0.840. The first-order valence-electron chi connectivity index (χ1n) is 5.37. The highest BCUT2D eigenvalue weighted by atomic mass is 15.2. The molecule has 0 N–H and O–H groups in total. The van der Waals surface area contributed by atoms with Crippen LogP contribution >= 0.6 is 0 Å². The van der Waals surface area contributed by atoms with Crippen LogP contribution in [0.2, 0.25) is 0 Å². The lowest BCUT2D eigenvalue weighted by molar-refractivity contribution is 0.300. The molecule has 3 rings (SSSR count). The SMILES string of the molecule is Cc1cnc(C2C3CCN2CC3)cn1. The Morgan fingerprint density at radius 2 is 2.00 bits per heavy atom. The fourth-order valence-corrected chi connectivity index (χ4v) is 2.80. The molecule has 0 spiro atoms. The second-order valence-electron chi connectivity index (χ2n) is 4.40. The van der Waals surface area contributed by atoms with Gasteiger partial charge in [-0.05, 0) is 38.8 Å². The maximum absolute atomic E-state index is 4.50. The van der Waals surface area contributed by atoms with Crippen molar-refractivity contribution >= 4 is 0 Å². The number of rotatable bonds is 1. The molecule has 2 fully saturated rings. The van der Waals surface area contributed by atoms with E-state index in [0.29, 0.717) is 6.04 Å². The number of piperidine rings is 1. The summed E-state index contributed by atoms with van der Waals surface area (Å²) in [6.07, 6.45) is 6.53. The largest absolute Gasteiger partial charge is 0.294 e. The van der Waals surface area contributed by atoms with Crippen LogP contribution in [0.3, 0.4) is 0 Å². The minimum atomic E-state index is 0.572. The molecular weight excluding hydrogens is 174 g/mol. The van der Waals surface area contributed by atoms with Gasteiger partial charge in [-0.25, -0.2) is 0 Å². The average Bonchev–Trinajstić information content (AvgIpc) is 2.78. The van der Waals surface area contributed by atoms with Gasteiger partial charge < -0.3 is 0 Å². The third kappa shape index (κ3) is 1.16. The monoisotopic (exact) mass is 189 g/mol. The molecule has 1 aromatic rings.